The molecule has 0 saturated heterocycles. The third-order valence-corrected chi connectivity index (χ3v) is 3.84. The molecular formula is C16H16N2O3. The number of H-pyrrole nitrogens is 1. The number of aromatic nitrogens is 1. The maximum absolute atomic E-state index is 12.1. The Morgan fingerprint density at radius 2 is 1.81 bits per heavy atom. The van der Waals surface area contributed by atoms with Crippen LogP contribution in [0.5, 0.6) is 0 Å². The normalized spacial score (nSPS) is 20.6. The Labute approximate surface area is 122 Å². The second-order valence-electron chi connectivity index (χ2n) is 5.33. The van der Waals surface area contributed by atoms with Crippen LogP contribution in [0.1, 0.15) is 23.3 Å². The van der Waals surface area contributed by atoms with Crippen LogP contribution in [0.2, 0.25) is 0 Å². The second-order valence-corrected chi connectivity index (χ2v) is 5.33. The van der Waals surface area contributed by atoms with Crippen molar-refractivity contribution >= 4 is 11.9 Å². The Balaban J connectivity index is 1.62. The minimum Gasteiger partial charge on any atom is -0.481 e. The van der Waals surface area contributed by atoms with Crippen molar-refractivity contribution < 1.29 is 14.7 Å². The van der Waals surface area contributed by atoms with Crippen molar-refractivity contribution in [3.63, 3.8) is 0 Å². The van der Waals surface area contributed by atoms with Gasteiger partial charge in [-0.3, -0.25) is 9.59 Å². The molecule has 0 radical (unpaired) electrons. The van der Waals surface area contributed by atoms with E-state index in [4.69, 9.17) is 5.11 Å². The lowest BCUT2D eigenvalue weighted by molar-refractivity contribution is -0.145. The molecule has 21 heavy (non-hydrogen) atoms. The SMILES string of the molecule is O=C(NC1CC(C(=O)O)C1)c1ccc(-c2ccccc2)[nH]1. The number of aliphatic carboxylic acids is 1. The lowest BCUT2D eigenvalue weighted by atomic mass is 9.80. The van der Waals surface area contributed by atoms with Gasteiger partial charge in [-0.15, -0.1) is 0 Å². The van der Waals surface area contributed by atoms with Crippen LogP contribution in [0.3, 0.4) is 0 Å². The average molecular weight is 284 g/mol. The Bertz CT molecular complexity index is 657. The number of aromatic amines is 1. The van der Waals surface area contributed by atoms with Crippen molar-refractivity contribution in [2.75, 3.05) is 0 Å². The Morgan fingerprint density at radius 1 is 1.10 bits per heavy atom. The fourth-order valence-corrected chi connectivity index (χ4v) is 2.51. The molecule has 108 valence electrons. The minimum absolute atomic E-state index is 0.0397. The smallest absolute Gasteiger partial charge is 0.306 e. The summed E-state index contributed by atoms with van der Waals surface area (Å²) in [5, 5.41) is 11.7. The first-order valence-electron chi connectivity index (χ1n) is 6.91. The molecule has 0 spiro atoms. The molecule has 1 aromatic heterocycles. The van der Waals surface area contributed by atoms with Gasteiger partial charge in [0.1, 0.15) is 5.69 Å². The largest absolute Gasteiger partial charge is 0.481 e. The van der Waals surface area contributed by atoms with Crippen molar-refractivity contribution in [3.8, 4) is 11.3 Å². The maximum atomic E-state index is 12.1. The van der Waals surface area contributed by atoms with Crippen molar-refractivity contribution in [2.45, 2.75) is 18.9 Å². The molecule has 0 unspecified atom stereocenters. The summed E-state index contributed by atoms with van der Waals surface area (Å²) in [5.74, 6) is -1.29. The minimum atomic E-state index is -0.785. The van der Waals surface area contributed by atoms with E-state index in [0.717, 1.165) is 11.3 Å². The molecular weight excluding hydrogens is 268 g/mol. The lowest BCUT2D eigenvalue weighted by Crippen LogP contribution is -2.46. The molecule has 1 aliphatic carbocycles. The van der Waals surface area contributed by atoms with Crippen LogP contribution >= 0.6 is 0 Å². The summed E-state index contributed by atoms with van der Waals surface area (Å²) in [5.41, 5.74) is 2.40. The second kappa shape index (κ2) is 5.44. The van der Waals surface area contributed by atoms with E-state index in [-0.39, 0.29) is 17.9 Å². The van der Waals surface area contributed by atoms with Crippen molar-refractivity contribution in [2.24, 2.45) is 5.92 Å². The fraction of sp³-hybridized carbons (Fsp3) is 0.250. The van der Waals surface area contributed by atoms with Gasteiger partial charge < -0.3 is 15.4 Å². The quantitative estimate of drug-likeness (QED) is 0.805. The third-order valence-electron chi connectivity index (χ3n) is 3.84. The summed E-state index contributed by atoms with van der Waals surface area (Å²) in [6, 6.07) is 13.3. The van der Waals surface area contributed by atoms with Crippen LogP contribution in [0.15, 0.2) is 42.5 Å². The highest BCUT2D eigenvalue weighted by molar-refractivity contribution is 5.93. The topological polar surface area (TPSA) is 82.2 Å². The molecule has 3 N–H and O–H groups in total. The van der Waals surface area contributed by atoms with Gasteiger partial charge in [-0.05, 0) is 30.5 Å². The first-order valence-corrected chi connectivity index (χ1v) is 6.91. The number of hydrogen-bond acceptors (Lipinski definition) is 2. The van der Waals surface area contributed by atoms with Gasteiger partial charge in [0.25, 0.3) is 5.91 Å². The summed E-state index contributed by atoms with van der Waals surface area (Å²) in [6.45, 7) is 0. The number of benzene rings is 1. The molecule has 1 heterocycles. The van der Waals surface area contributed by atoms with Crippen LogP contribution in [-0.2, 0) is 4.79 Å². The van der Waals surface area contributed by atoms with Crippen molar-refractivity contribution in [1.29, 1.82) is 0 Å². The number of carboxylic acid groups (broad SMARTS) is 1. The molecule has 1 amide bonds. The van der Waals surface area contributed by atoms with Gasteiger partial charge in [-0.2, -0.15) is 0 Å². The van der Waals surface area contributed by atoms with E-state index in [1.54, 1.807) is 6.07 Å². The van der Waals surface area contributed by atoms with E-state index in [9.17, 15) is 9.59 Å². The summed E-state index contributed by atoms with van der Waals surface area (Å²) < 4.78 is 0. The molecule has 1 aromatic carbocycles. The van der Waals surface area contributed by atoms with Crippen LogP contribution < -0.4 is 5.32 Å². The monoisotopic (exact) mass is 284 g/mol. The van der Waals surface area contributed by atoms with Crippen LogP contribution in [-0.4, -0.2) is 28.0 Å². The van der Waals surface area contributed by atoms with E-state index in [1.807, 2.05) is 36.4 Å². The highest BCUT2D eigenvalue weighted by Crippen LogP contribution is 2.27. The Hall–Kier alpha value is -2.56. The molecule has 2 aromatic rings. The van der Waals surface area contributed by atoms with Crippen LogP contribution in [0.4, 0.5) is 0 Å². The number of hydrogen-bond donors (Lipinski definition) is 3. The predicted octanol–water partition coefficient (Wildman–Crippen LogP) is 2.27. The van der Waals surface area contributed by atoms with Gasteiger partial charge in [0.15, 0.2) is 0 Å². The van der Waals surface area contributed by atoms with Crippen molar-refractivity contribution in [3.05, 3.63) is 48.2 Å². The maximum Gasteiger partial charge on any atom is 0.306 e. The molecule has 5 heteroatoms. The highest BCUT2D eigenvalue weighted by Gasteiger charge is 2.35. The van der Waals surface area contributed by atoms with Gasteiger partial charge in [-0.25, -0.2) is 0 Å². The zero-order valence-corrected chi connectivity index (χ0v) is 11.4. The van der Waals surface area contributed by atoms with Crippen LogP contribution in [0, 0.1) is 5.92 Å². The number of carbonyl (C=O) groups excluding carboxylic acids is 1. The van der Waals surface area contributed by atoms with Gasteiger partial charge in [0.2, 0.25) is 0 Å². The van der Waals surface area contributed by atoms with E-state index in [2.05, 4.69) is 10.3 Å². The summed E-state index contributed by atoms with van der Waals surface area (Å²) in [7, 11) is 0. The zero-order valence-electron chi connectivity index (χ0n) is 11.4. The van der Waals surface area contributed by atoms with E-state index < -0.39 is 5.97 Å². The van der Waals surface area contributed by atoms with E-state index in [1.165, 1.54) is 0 Å². The summed E-state index contributed by atoms with van der Waals surface area (Å²) in [6.07, 6.45) is 1.01. The number of rotatable bonds is 4. The lowest BCUT2D eigenvalue weighted by Gasteiger charge is -2.32. The number of amides is 1. The highest BCUT2D eigenvalue weighted by atomic mass is 16.4. The van der Waals surface area contributed by atoms with E-state index in [0.29, 0.717) is 18.5 Å². The number of carboxylic acids is 1. The molecule has 0 atom stereocenters. The predicted molar refractivity (Wildman–Crippen MR) is 77.8 cm³/mol. The van der Waals surface area contributed by atoms with Crippen LogP contribution in [0.25, 0.3) is 11.3 Å². The molecule has 0 bridgehead atoms. The molecule has 3 rings (SSSR count). The van der Waals surface area contributed by atoms with Crippen molar-refractivity contribution in [1.82, 2.24) is 10.3 Å². The van der Waals surface area contributed by atoms with Gasteiger partial charge in [0, 0.05) is 11.7 Å². The zero-order chi connectivity index (χ0) is 14.8. The van der Waals surface area contributed by atoms with Gasteiger partial charge in [-0.1, -0.05) is 30.3 Å². The molecule has 5 nitrogen and oxygen atoms in total. The van der Waals surface area contributed by atoms with Gasteiger partial charge in [0.05, 0.1) is 5.92 Å². The number of nitrogens with one attached hydrogen (secondary N) is 2. The average Bonchev–Trinajstić information content (AvgIpc) is 2.92. The molecule has 1 saturated carbocycles. The molecule has 0 aliphatic heterocycles. The standard InChI is InChI=1S/C16H16N2O3/c19-15(17-12-8-11(9-12)16(20)21)14-7-6-13(18-14)10-4-2-1-3-5-10/h1-7,11-12,18H,8-9H2,(H,17,19)(H,20,21). The fourth-order valence-electron chi connectivity index (χ4n) is 2.51. The molecule has 1 fully saturated rings. The van der Waals surface area contributed by atoms with Gasteiger partial charge >= 0.3 is 5.97 Å². The Morgan fingerprint density at radius 3 is 2.48 bits per heavy atom. The summed E-state index contributed by atoms with van der Waals surface area (Å²) >= 11 is 0. The third kappa shape index (κ3) is 2.81. The van der Waals surface area contributed by atoms with E-state index >= 15 is 0 Å². The Kier molecular flexibility index (Phi) is 3.48. The first kappa shape index (κ1) is 13.4. The first-order chi connectivity index (χ1) is 10.1. The molecule has 1 aliphatic rings. The summed E-state index contributed by atoms with van der Waals surface area (Å²) in [4.78, 5) is 25.9. The number of carbonyl (C=O) groups is 2.